The summed E-state index contributed by atoms with van der Waals surface area (Å²) in [5.41, 5.74) is 1.17. The van der Waals surface area contributed by atoms with Gasteiger partial charge in [0.15, 0.2) is 17.4 Å². The number of nitrogens with zero attached hydrogens (tertiary/aromatic N) is 7. The molecule has 1 N–H and O–H groups in total. The number of methoxy groups -OCH3 is 2. The number of ether oxygens (including phenoxy) is 4. The lowest BCUT2D eigenvalue weighted by Crippen LogP contribution is -2.41. The van der Waals surface area contributed by atoms with E-state index in [1.54, 1.807) is 23.7 Å². The Morgan fingerprint density at radius 2 is 1.59 bits per heavy atom. The molecule has 1 saturated heterocycles. The Bertz CT molecular complexity index is 2320. The molecule has 0 spiro atoms. The monoisotopic (exact) mass is 848 g/mol. The van der Waals surface area contributed by atoms with Crippen LogP contribution in [0.4, 0.5) is 5.95 Å². The highest BCUT2D eigenvalue weighted by atomic mass is 31.2. The Balaban J connectivity index is 1.50. The highest BCUT2D eigenvalue weighted by Crippen LogP contribution is 2.52. The molecule has 61 heavy (non-hydrogen) atoms. The second-order valence-electron chi connectivity index (χ2n) is 15.1. The van der Waals surface area contributed by atoms with Gasteiger partial charge in [-0.15, -0.1) is 6.42 Å². The van der Waals surface area contributed by atoms with Crippen molar-refractivity contribution in [3.63, 3.8) is 0 Å². The number of aliphatic imine (C=N–C) groups is 1. The summed E-state index contributed by atoms with van der Waals surface area (Å²) in [5.74, 6) is 3.65. The topological polar surface area (TPSA) is 162 Å². The van der Waals surface area contributed by atoms with Crippen LogP contribution in [0.1, 0.15) is 57.0 Å². The zero-order valence-corrected chi connectivity index (χ0v) is 36.7. The first-order valence-electron chi connectivity index (χ1n) is 20.0. The summed E-state index contributed by atoms with van der Waals surface area (Å²) in [5, 5.41) is 9.45. The van der Waals surface area contributed by atoms with Crippen LogP contribution < -0.4 is 15.0 Å². The van der Waals surface area contributed by atoms with Gasteiger partial charge in [-0.3, -0.25) is 14.3 Å². The molecule has 1 aliphatic heterocycles. The zero-order chi connectivity index (χ0) is 43.7. The first kappa shape index (κ1) is 44.9. The van der Waals surface area contributed by atoms with Crippen LogP contribution >= 0.6 is 8.53 Å². The number of aromatic amines is 1. The van der Waals surface area contributed by atoms with Crippen molar-refractivity contribution in [2.45, 2.75) is 70.2 Å². The number of benzene rings is 3. The molecular formula is C45H53N8O7P. The van der Waals surface area contributed by atoms with Crippen molar-refractivity contribution in [3.8, 4) is 29.9 Å². The molecule has 6 rings (SSSR count). The number of terminal acetylenes is 1. The number of hydrogen-bond acceptors (Lipinski definition) is 12. The van der Waals surface area contributed by atoms with Crippen LogP contribution in [0.25, 0.3) is 11.2 Å². The predicted molar refractivity (Wildman–Crippen MR) is 235 cm³/mol. The minimum absolute atomic E-state index is 0.0100. The van der Waals surface area contributed by atoms with E-state index in [0.717, 1.165) is 16.7 Å². The summed E-state index contributed by atoms with van der Waals surface area (Å²) in [6, 6.07) is 27.6. The Morgan fingerprint density at radius 3 is 2.13 bits per heavy atom. The van der Waals surface area contributed by atoms with E-state index in [1.165, 1.54) is 12.7 Å². The summed E-state index contributed by atoms with van der Waals surface area (Å²) >= 11 is 0. The standard InChI is InChI=1S/C45H53N8O7P/c1-10-37-40(60-61(58-26-14-25-46)53(30(2)3)31(4)5)38(59-43(37)52-29-47-39-41(52)49-44(50-42(39)54)48-28-51(6)7)27-57-45(32-15-12-11-13-16-32,33-17-21-35(55-8)22-18-33)34-19-23-36(56-9)24-20-34/h1,11-13,15-24,28-31,37-38,40,43H,14,26-27H2,2-9H3,(H,49,50,54)/b48-28+/t37-,38+,40-,43+,61?/m0/s1. The Kier molecular flexibility index (Phi) is 14.9. The SMILES string of the molecule is C#C[C@H]1[C@H](OP(OCCC#N)N(C(C)C)C(C)C)[C@@H](COC(c2ccccc2)(c2ccc(OC)cc2)c2ccc(OC)cc2)O[C@H]1n1cnc2c(=O)[nH]c(/N=C/N(C)C)nc21. The maximum Gasteiger partial charge on any atom is 0.280 e. The minimum Gasteiger partial charge on any atom is -0.497 e. The van der Waals surface area contributed by atoms with Crippen LogP contribution in [0.5, 0.6) is 11.5 Å². The van der Waals surface area contributed by atoms with Gasteiger partial charge < -0.3 is 32.9 Å². The predicted octanol–water partition coefficient (Wildman–Crippen LogP) is 7.17. The van der Waals surface area contributed by atoms with Crippen molar-refractivity contribution in [2.75, 3.05) is 41.5 Å². The molecule has 3 heterocycles. The highest BCUT2D eigenvalue weighted by molar-refractivity contribution is 7.44. The van der Waals surface area contributed by atoms with Crippen LogP contribution in [-0.4, -0.2) is 101 Å². The van der Waals surface area contributed by atoms with E-state index in [-0.39, 0.29) is 48.8 Å². The van der Waals surface area contributed by atoms with Crippen molar-refractivity contribution < 1.29 is 28.0 Å². The lowest BCUT2D eigenvalue weighted by Gasteiger charge is -2.39. The molecule has 15 nitrogen and oxygen atoms in total. The molecular weight excluding hydrogens is 796 g/mol. The maximum atomic E-state index is 13.3. The van der Waals surface area contributed by atoms with Gasteiger partial charge in [0.25, 0.3) is 14.1 Å². The number of aromatic nitrogens is 4. The van der Waals surface area contributed by atoms with Crippen molar-refractivity contribution in [2.24, 2.45) is 10.9 Å². The summed E-state index contributed by atoms with van der Waals surface area (Å²) < 4.78 is 42.7. The molecule has 0 aliphatic carbocycles. The Labute approximate surface area is 358 Å². The van der Waals surface area contributed by atoms with E-state index >= 15 is 0 Å². The molecule has 0 amide bonds. The third-order valence-electron chi connectivity index (χ3n) is 10.2. The van der Waals surface area contributed by atoms with Gasteiger partial charge in [-0.25, -0.2) is 14.6 Å². The van der Waals surface area contributed by atoms with Gasteiger partial charge in [-0.05, 0) is 68.7 Å². The van der Waals surface area contributed by atoms with Gasteiger partial charge in [0, 0.05) is 26.2 Å². The normalized spacial score (nSPS) is 18.5. The first-order valence-corrected chi connectivity index (χ1v) is 21.1. The second kappa shape index (κ2) is 20.3. The largest absolute Gasteiger partial charge is 0.497 e. The van der Waals surface area contributed by atoms with Crippen molar-refractivity contribution in [1.29, 1.82) is 5.26 Å². The molecule has 1 aliphatic rings. The third kappa shape index (κ3) is 9.79. The zero-order valence-electron chi connectivity index (χ0n) is 35.8. The molecule has 0 radical (unpaired) electrons. The van der Waals surface area contributed by atoms with E-state index in [4.69, 9.17) is 34.4 Å². The van der Waals surface area contributed by atoms with Gasteiger partial charge >= 0.3 is 0 Å². The summed E-state index contributed by atoms with van der Waals surface area (Å²) in [6.07, 6.45) is 7.10. The number of nitriles is 1. The number of imidazole rings is 1. The van der Waals surface area contributed by atoms with Crippen LogP contribution in [-0.2, 0) is 24.1 Å². The fraction of sp³-hybridized carbons (Fsp3) is 0.400. The van der Waals surface area contributed by atoms with E-state index < -0.39 is 44.0 Å². The number of rotatable bonds is 19. The molecule has 1 unspecified atom stereocenters. The van der Waals surface area contributed by atoms with E-state index in [2.05, 4.69) is 64.3 Å². The third-order valence-corrected chi connectivity index (χ3v) is 12.3. The fourth-order valence-electron chi connectivity index (χ4n) is 7.43. The second-order valence-corrected chi connectivity index (χ2v) is 16.5. The highest BCUT2D eigenvalue weighted by Gasteiger charge is 2.50. The lowest BCUT2D eigenvalue weighted by molar-refractivity contribution is -0.0914. The molecule has 320 valence electrons. The number of fused-ring (bicyclic) bond motifs is 1. The molecule has 1 fully saturated rings. The van der Waals surface area contributed by atoms with Crippen molar-refractivity contribution >= 4 is 32.0 Å². The van der Waals surface area contributed by atoms with Gasteiger partial charge in [0.2, 0.25) is 5.95 Å². The van der Waals surface area contributed by atoms with Gasteiger partial charge in [0.1, 0.15) is 29.3 Å². The average Bonchev–Trinajstić information content (AvgIpc) is 3.84. The summed E-state index contributed by atoms with van der Waals surface area (Å²) in [6.45, 7) is 8.38. The van der Waals surface area contributed by atoms with Gasteiger partial charge in [-0.2, -0.15) is 10.2 Å². The molecule has 0 bridgehead atoms. The quantitative estimate of drug-likeness (QED) is 0.0223. The number of hydrogen-bond donors (Lipinski definition) is 1. The lowest BCUT2D eigenvalue weighted by atomic mass is 9.80. The average molecular weight is 849 g/mol. The molecule has 5 atom stereocenters. The van der Waals surface area contributed by atoms with Crippen molar-refractivity contribution in [1.82, 2.24) is 29.1 Å². The first-order chi connectivity index (χ1) is 29.4. The van der Waals surface area contributed by atoms with Crippen LogP contribution in [0, 0.1) is 29.6 Å². The van der Waals surface area contributed by atoms with E-state index in [1.807, 2.05) is 93.0 Å². The fourth-order valence-corrected chi connectivity index (χ4v) is 9.21. The molecule has 16 heteroatoms. The Hall–Kier alpha value is -5.64. The molecule has 0 saturated carbocycles. The Morgan fingerprint density at radius 1 is 0.984 bits per heavy atom. The van der Waals surface area contributed by atoms with E-state index in [0.29, 0.717) is 11.5 Å². The van der Waals surface area contributed by atoms with Gasteiger partial charge in [0.05, 0.1) is 58.5 Å². The summed E-state index contributed by atoms with van der Waals surface area (Å²) in [4.78, 5) is 31.1. The molecule has 3 aromatic carbocycles. The number of H-pyrrole nitrogens is 1. The van der Waals surface area contributed by atoms with Crippen LogP contribution in [0.2, 0.25) is 0 Å². The molecule has 5 aromatic rings. The molecule has 2 aromatic heterocycles. The van der Waals surface area contributed by atoms with Crippen LogP contribution in [0.15, 0.2) is 95.0 Å². The smallest absolute Gasteiger partial charge is 0.280 e. The summed E-state index contributed by atoms with van der Waals surface area (Å²) in [7, 11) is 5.08. The maximum absolute atomic E-state index is 13.3. The van der Waals surface area contributed by atoms with Crippen LogP contribution in [0.3, 0.4) is 0 Å². The number of nitrogens with one attached hydrogen (secondary N) is 1. The van der Waals surface area contributed by atoms with Gasteiger partial charge in [-0.1, -0.05) is 60.5 Å². The van der Waals surface area contributed by atoms with Crippen molar-refractivity contribution in [3.05, 3.63) is 112 Å². The minimum atomic E-state index is -1.79. The van der Waals surface area contributed by atoms with E-state index in [9.17, 15) is 10.1 Å².